The lowest BCUT2D eigenvalue weighted by Crippen LogP contribution is -2.21. The molecule has 2 aromatic rings. The molecule has 1 fully saturated rings. The Kier molecular flexibility index (Phi) is 3.84. The van der Waals surface area contributed by atoms with Crippen LogP contribution in [0.15, 0.2) is 30.5 Å². The largest absolute Gasteiger partial charge is 0.481 e. The Labute approximate surface area is 122 Å². The number of pyridine rings is 1. The third-order valence-corrected chi connectivity index (χ3v) is 4.03. The van der Waals surface area contributed by atoms with E-state index in [1.807, 2.05) is 0 Å². The summed E-state index contributed by atoms with van der Waals surface area (Å²) in [5.41, 5.74) is 1.68. The van der Waals surface area contributed by atoms with Gasteiger partial charge in [0.05, 0.1) is 5.52 Å². The number of likely N-dealkylation sites (tertiary alicyclic amines) is 1. The molecule has 4 nitrogen and oxygen atoms in total. The van der Waals surface area contributed by atoms with Crippen molar-refractivity contribution >= 4 is 16.9 Å². The van der Waals surface area contributed by atoms with Crippen molar-refractivity contribution in [3.63, 3.8) is 0 Å². The summed E-state index contributed by atoms with van der Waals surface area (Å²) in [4.78, 5) is 17.3. The van der Waals surface area contributed by atoms with Crippen LogP contribution in [0.2, 0.25) is 0 Å². The van der Waals surface area contributed by atoms with E-state index in [2.05, 4.69) is 9.88 Å². The van der Waals surface area contributed by atoms with Gasteiger partial charge >= 0.3 is 5.97 Å². The summed E-state index contributed by atoms with van der Waals surface area (Å²) in [5, 5.41) is 9.39. The topological polar surface area (TPSA) is 53.4 Å². The van der Waals surface area contributed by atoms with Crippen LogP contribution in [0.1, 0.15) is 18.4 Å². The second kappa shape index (κ2) is 5.77. The van der Waals surface area contributed by atoms with Crippen molar-refractivity contribution in [2.75, 3.05) is 13.1 Å². The number of hydrogen-bond acceptors (Lipinski definition) is 3. The highest BCUT2D eigenvalue weighted by molar-refractivity contribution is 5.82. The molecule has 1 atom stereocenters. The van der Waals surface area contributed by atoms with Gasteiger partial charge in [-0.2, -0.15) is 0 Å². The number of carbonyl (C=O) groups is 1. The maximum atomic E-state index is 13.8. The van der Waals surface area contributed by atoms with Crippen molar-refractivity contribution in [3.05, 3.63) is 41.8 Å². The van der Waals surface area contributed by atoms with Crippen LogP contribution < -0.4 is 0 Å². The van der Waals surface area contributed by atoms with Crippen molar-refractivity contribution in [1.29, 1.82) is 0 Å². The third-order valence-electron chi connectivity index (χ3n) is 4.03. The number of carboxylic acids is 1. The Balaban J connectivity index is 1.77. The minimum Gasteiger partial charge on any atom is -0.481 e. The maximum Gasteiger partial charge on any atom is 0.303 e. The fourth-order valence-electron chi connectivity index (χ4n) is 3.03. The number of halogens is 1. The van der Waals surface area contributed by atoms with E-state index >= 15 is 0 Å². The van der Waals surface area contributed by atoms with Crippen LogP contribution in [0.3, 0.4) is 0 Å². The third kappa shape index (κ3) is 3.03. The van der Waals surface area contributed by atoms with E-state index in [1.54, 1.807) is 24.4 Å². The lowest BCUT2D eigenvalue weighted by atomic mass is 10.1. The Bertz CT molecular complexity index is 674. The van der Waals surface area contributed by atoms with E-state index in [4.69, 9.17) is 5.11 Å². The van der Waals surface area contributed by atoms with Gasteiger partial charge in [-0.1, -0.05) is 6.07 Å². The Morgan fingerprint density at radius 3 is 3.10 bits per heavy atom. The summed E-state index contributed by atoms with van der Waals surface area (Å²) < 4.78 is 13.8. The molecule has 0 aliphatic carbocycles. The minimum absolute atomic E-state index is 0.210. The number of fused-ring (bicyclic) bond motifs is 1. The summed E-state index contributed by atoms with van der Waals surface area (Å²) in [5.74, 6) is -0.787. The quantitative estimate of drug-likeness (QED) is 0.939. The average molecular weight is 288 g/mol. The molecule has 3 rings (SSSR count). The molecule has 1 saturated heterocycles. The van der Waals surface area contributed by atoms with Crippen molar-refractivity contribution in [1.82, 2.24) is 9.88 Å². The first-order valence-electron chi connectivity index (χ1n) is 7.10. The van der Waals surface area contributed by atoms with Crippen molar-refractivity contribution < 1.29 is 14.3 Å². The normalized spacial score (nSPS) is 19.2. The number of benzene rings is 1. The molecule has 1 unspecified atom stereocenters. The Morgan fingerprint density at radius 1 is 1.43 bits per heavy atom. The molecule has 0 bridgehead atoms. The number of aromatic nitrogens is 1. The highest BCUT2D eigenvalue weighted by Gasteiger charge is 2.25. The van der Waals surface area contributed by atoms with Crippen LogP contribution in [-0.2, 0) is 11.3 Å². The molecular weight excluding hydrogens is 271 g/mol. The van der Waals surface area contributed by atoms with Gasteiger partial charge in [0.1, 0.15) is 5.82 Å². The zero-order chi connectivity index (χ0) is 14.8. The number of aliphatic carboxylic acids is 1. The molecule has 1 N–H and O–H groups in total. The molecule has 2 heterocycles. The molecule has 0 spiro atoms. The summed E-state index contributed by atoms with van der Waals surface area (Å²) >= 11 is 0. The molecule has 1 aliphatic rings. The van der Waals surface area contributed by atoms with Gasteiger partial charge in [-0.25, -0.2) is 4.39 Å². The average Bonchev–Trinajstić information content (AvgIpc) is 2.89. The Hall–Kier alpha value is -2.01. The molecule has 1 aromatic heterocycles. The summed E-state index contributed by atoms with van der Waals surface area (Å²) in [6.45, 7) is 2.34. The van der Waals surface area contributed by atoms with E-state index in [-0.39, 0.29) is 18.2 Å². The van der Waals surface area contributed by atoms with Gasteiger partial charge in [0.25, 0.3) is 0 Å². The Morgan fingerprint density at radius 2 is 2.29 bits per heavy atom. The molecule has 1 aliphatic heterocycles. The first kappa shape index (κ1) is 13.9. The predicted octanol–water partition coefficient (Wildman–Crippen LogP) is 2.67. The van der Waals surface area contributed by atoms with Gasteiger partial charge in [-0.15, -0.1) is 0 Å². The molecule has 1 aromatic carbocycles. The zero-order valence-corrected chi connectivity index (χ0v) is 11.6. The molecule has 21 heavy (non-hydrogen) atoms. The van der Waals surface area contributed by atoms with Gasteiger partial charge in [0, 0.05) is 31.1 Å². The van der Waals surface area contributed by atoms with Gasteiger partial charge in [0.2, 0.25) is 0 Å². The summed E-state index contributed by atoms with van der Waals surface area (Å²) in [7, 11) is 0. The first-order chi connectivity index (χ1) is 10.1. The smallest absolute Gasteiger partial charge is 0.303 e. The summed E-state index contributed by atoms with van der Waals surface area (Å²) in [6, 6.07) is 6.71. The van der Waals surface area contributed by atoms with E-state index in [0.29, 0.717) is 17.4 Å². The molecule has 0 radical (unpaired) electrons. The molecule has 110 valence electrons. The van der Waals surface area contributed by atoms with Crippen LogP contribution in [0.5, 0.6) is 0 Å². The number of hydrogen-bond donors (Lipinski definition) is 1. The van der Waals surface area contributed by atoms with Crippen LogP contribution in [0, 0.1) is 11.7 Å². The van der Waals surface area contributed by atoms with Gasteiger partial charge < -0.3 is 5.11 Å². The first-order valence-corrected chi connectivity index (χ1v) is 7.10. The molecule has 5 heteroatoms. The van der Waals surface area contributed by atoms with Crippen LogP contribution >= 0.6 is 0 Å². The van der Waals surface area contributed by atoms with Crippen LogP contribution in [0.4, 0.5) is 4.39 Å². The minimum atomic E-state index is -0.740. The van der Waals surface area contributed by atoms with Crippen LogP contribution in [-0.4, -0.2) is 34.0 Å². The highest BCUT2D eigenvalue weighted by Crippen LogP contribution is 2.25. The lowest BCUT2D eigenvalue weighted by molar-refractivity contribution is -0.138. The number of rotatable bonds is 4. The maximum absolute atomic E-state index is 13.8. The van der Waals surface area contributed by atoms with E-state index in [9.17, 15) is 9.18 Å². The van der Waals surface area contributed by atoms with E-state index in [0.717, 1.165) is 25.1 Å². The zero-order valence-electron chi connectivity index (χ0n) is 11.6. The summed E-state index contributed by atoms with van der Waals surface area (Å²) in [6.07, 6.45) is 2.79. The molecule has 0 saturated carbocycles. The van der Waals surface area contributed by atoms with Gasteiger partial charge in [0.15, 0.2) is 0 Å². The van der Waals surface area contributed by atoms with Crippen LogP contribution in [0.25, 0.3) is 10.9 Å². The van der Waals surface area contributed by atoms with Gasteiger partial charge in [-0.05, 0) is 42.6 Å². The fraction of sp³-hybridized carbons (Fsp3) is 0.375. The van der Waals surface area contributed by atoms with E-state index in [1.165, 1.54) is 6.07 Å². The standard InChI is InChI=1S/C16H17FN2O2/c17-14-4-3-12(16-13(14)2-1-6-18-16)10-19-7-5-11(9-19)8-15(20)21/h1-4,6,11H,5,7-10H2,(H,20,21). The molecular formula is C16H17FN2O2. The van der Waals surface area contributed by atoms with Crippen molar-refractivity contribution in [3.8, 4) is 0 Å². The van der Waals surface area contributed by atoms with Crippen molar-refractivity contribution in [2.45, 2.75) is 19.4 Å². The number of carboxylic acid groups (broad SMARTS) is 1. The monoisotopic (exact) mass is 288 g/mol. The fourth-order valence-corrected chi connectivity index (χ4v) is 3.03. The SMILES string of the molecule is O=C(O)CC1CCN(Cc2ccc(F)c3cccnc23)C1. The van der Waals surface area contributed by atoms with Gasteiger partial charge in [-0.3, -0.25) is 14.7 Å². The second-order valence-corrected chi connectivity index (χ2v) is 5.59. The molecule has 0 amide bonds. The second-order valence-electron chi connectivity index (χ2n) is 5.59. The van der Waals surface area contributed by atoms with E-state index < -0.39 is 5.97 Å². The lowest BCUT2D eigenvalue weighted by Gasteiger charge is -2.17. The predicted molar refractivity (Wildman–Crippen MR) is 77.3 cm³/mol. The number of nitrogens with zero attached hydrogens (tertiary/aromatic N) is 2. The highest BCUT2D eigenvalue weighted by atomic mass is 19.1. The van der Waals surface area contributed by atoms with Crippen molar-refractivity contribution in [2.24, 2.45) is 5.92 Å².